The monoisotopic (exact) mass is 240 g/mol. The van der Waals surface area contributed by atoms with E-state index in [4.69, 9.17) is 0 Å². The van der Waals surface area contributed by atoms with Gasteiger partial charge in [0.2, 0.25) is 0 Å². The van der Waals surface area contributed by atoms with Crippen LogP contribution in [0.1, 0.15) is 5.56 Å². The molecule has 0 aromatic heterocycles. The van der Waals surface area contributed by atoms with Crippen LogP contribution in [0.2, 0.25) is 0 Å². The van der Waals surface area contributed by atoms with Gasteiger partial charge < -0.3 is 10.2 Å². The van der Waals surface area contributed by atoms with Gasteiger partial charge in [-0.2, -0.15) is 0 Å². The smallest absolute Gasteiger partial charge is 0.0809 e. The second kappa shape index (κ2) is 4.23. The molecule has 4 atom stereocenters. The summed E-state index contributed by atoms with van der Waals surface area (Å²) in [5.41, 5.74) is 0.514. The zero-order valence-electron chi connectivity index (χ0n) is 9.98. The van der Waals surface area contributed by atoms with Gasteiger partial charge in [0.15, 0.2) is 0 Å². The number of fused-ring (bicyclic) bond motifs is 2. The van der Waals surface area contributed by atoms with Crippen LogP contribution in [0.5, 0.6) is 0 Å². The quantitative estimate of drug-likeness (QED) is 0.737. The Hall–Kier alpha value is -1.64. The van der Waals surface area contributed by atoms with E-state index in [1.165, 1.54) is 0 Å². The van der Waals surface area contributed by atoms with Crippen molar-refractivity contribution in [3.63, 3.8) is 0 Å². The van der Waals surface area contributed by atoms with E-state index in [0.717, 1.165) is 5.56 Å². The van der Waals surface area contributed by atoms with Crippen molar-refractivity contribution < 1.29 is 10.2 Å². The largest absolute Gasteiger partial charge is 0.391 e. The van der Waals surface area contributed by atoms with Crippen molar-refractivity contribution in [3.8, 4) is 0 Å². The SMILES string of the molecule is OC1C2C=CC=CC1(c1ccccc1)C=C[C@@H]2O. The lowest BCUT2D eigenvalue weighted by Gasteiger charge is -2.40. The molecule has 0 saturated carbocycles. The molecule has 18 heavy (non-hydrogen) atoms. The van der Waals surface area contributed by atoms with Gasteiger partial charge in [-0.25, -0.2) is 0 Å². The first kappa shape index (κ1) is 11.5. The summed E-state index contributed by atoms with van der Waals surface area (Å²) in [5.74, 6) is -0.259. The van der Waals surface area contributed by atoms with Crippen molar-refractivity contribution in [2.24, 2.45) is 5.92 Å². The molecular formula is C16H16O2. The van der Waals surface area contributed by atoms with Crippen LogP contribution in [0.25, 0.3) is 0 Å². The van der Waals surface area contributed by atoms with Crippen molar-refractivity contribution in [2.75, 3.05) is 0 Å². The molecule has 3 rings (SSSR count). The number of allylic oxidation sites excluding steroid dienone is 2. The third kappa shape index (κ3) is 1.57. The fraction of sp³-hybridized carbons (Fsp3) is 0.250. The number of hydrogen-bond acceptors (Lipinski definition) is 2. The normalized spacial score (nSPS) is 37.6. The first-order chi connectivity index (χ1) is 8.74. The van der Waals surface area contributed by atoms with E-state index >= 15 is 0 Å². The summed E-state index contributed by atoms with van der Waals surface area (Å²) in [7, 11) is 0. The van der Waals surface area contributed by atoms with Gasteiger partial charge >= 0.3 is 0 Å². The Bertz CT molecular complexity index is 515. The van der Waals surface area contributed by atoms with Crippen LogP contribution in [-0.4, -0.2) is 22.4 Å². The molecule has 2 aliphatic carbocycles. The maximum absolute atomic E-state index is 10.6. The van der Waals surface area contributed by atoms with Crippen LogP contribution in [-0.2, 0) is 5.41 Å². The first-order valence-corrected chi connectivity index (χ1v) is 6.21. The molecule has 0 aliphatic heterocycles. The molecule has 0 amide bonds. The maximum atomic E-state index is 10.6. The van der Waals surface area contributed by atoms with Gasteiger partial charge in [0, 0.05) is 5.92 Å². The van der Waals surface area contributed by atoms with Crippen LogP contribution in [0, 0.1) is 5.92 Å². The average Bonchev–Trinajstić information content (AvgIpc) is 2.51. The minimum atomic E-state index is -0.644. The molecule has 0 saturated heterocycles. The van der Waals surface area contributed by atoms with Crippen LogP contribution < -0.4 is 0 Å². The first-order valence-electron chi connectivity index (χ1n) is 6.21. The van der Waals surface area contributed by atoms with Gasteiger partial charge in [-0.3, -0.25) is 0 Å². The highest BCUT2D eigenvalue weighted by atomic mass is 16.3. The summed E-state index contributed by atoms with van der Waals surface area (Å²) < 4.78 is 0. The van der Waals surface area contributed by atoms with Crippen molar-refractivity contribution in [2.45, 2.75) is 17.6 Å². The molecule has 0 radical (unpaired) electrons. The van der Waals surface area contributed by atoms with Gasteiger partial charge in [-0.05, 0) is 5.56 Å². The van der Waals surface area contributed by atoms with Gasteiger partial charge in [0.05, 0.1) is 17.6 Å². The van der Waals surface area contributed by atoms with E-state index in [-0.39, 0.29) is 5.92 Å². The lowest BCUT2D eigenvalue weighted by Crippen LogP contribution is -2.47. The highest BCUT2D eigenvalue weighted by Crippen LogP contribution is 2.41. The Balaban J connectivity index is 2.17. The van der Waals surface area contributed by atoms with Crippen molar-refractivity contribution >= 4 is 0 Å². The summed E-state index contributed by atoms with van der Waals surface area (Å²) in [4.78, 5) is 0. The predicted octanol–water partition coefficient (Wildman–Crippen LogP) is 1.96. The molecular weight excluding hydrogens is 224 g/mol. The van der Waals surface area contributed by atoms with E-state index in [1.54, 1.807) is 6.08 Å². The zero-order valence-corrected chi connectivity index (χ0v) is 9.98. The lowest BCUT2D eigenvalue weighted by molar-refractivity contribution is 0.0229. The standard InChI is InChI=1S/C16H16O2/c17-14-9-11-16(12-6-2-1-3-7-12)10-5-4-8-13(14)15(16)18/h1-11,13-15,17-18H/t13?,14-,15?,16?/m0/s1. The molecule has 0 heterocycles. The third-order valence-electron chi connectivity index (χ3n) is 3.91. The predicted molar refractivity (Wildman–Crippen MR) is 71.0 cm³/mol. The molecule has 2 nitrogen and oxygen atoms in total. The maximum Gasteiger partial charge on any atom is 0.0809 e. The Morgan fingerprint density at radius 1 is 0.889 bits per heavy atom. The topological polar surface area (TPSA) is 40.5 Å². The molecule has 1 aromatic rings. The second-order valence-corrected chi connectivity index (χ2v) is 4.91. The van der Waals surface area contributed by atoms with E-state index < -0.39 is 17.6 Å². The zero-order chi connectivity index (χ0) is 12.6. The minimum Gasteiger partial charge on any atom is -0.391 e. The molecule has 92 valence electrons. The number of aliphatic hydroxyl groups excluding tert-OH is 2. The lowest BCUT2D eigenvalue weighted by atomic mass is 9.67. The van der Waals surface area contributed by atoms with Crippen LogP contribution in [0.4, 0.5) is 0 Å². The van der Waals surface area contributed by atoms with E-state index in [1.807, 2.05) is 60.7 Å². The molecule has 0 spiro atoms. The average molecular weight is 240 g/mol. The Morgan fingerprint density at radius 2 is 1.67 bits per heavy atom. The molecule has 2 heteroatoms. The van der Waals surface area contributed by atoms with Gasteiger partial charge in [-0.15, -0.1) is 0 Å². The Kier molecular flexibility index (Phi) is 2.69. The highest BCUT2D eigenvalue weighted by Gasteiger charge is 2.44. The molecule has 2 N–H and O–H groups in total. The number of hydrogen-bond donors (Lipinski definition) is 2. The number of benzene rings is 1. The van der Waals surface area contributed by atoms with E-state index in [2.05, 4.69) is 0 Å². The van der Waals surface area contributed by atoms with Crippen LogP contribution >= 0.6 is 0 Å². The fourth-order valence-corrected chi connectivity index (χ4v) is 2.86. The third-order valence-corrected chi connectivity index (χ3v) is 3.91. The van der Waals surface area contributed by atoms with E-state index in [0.29, 0.717) is 0 Å². The Labute approximate surface area is 107 Å². The summed E-state index contributed by atoms with van der Waals surface area (Å²) in [6.07, 6.45) is 10.2. The number of rotatable bonds is 1. The van der Waals surface area contributed by atoms with Gasteiger partial charge in [0.1, 0.15) is 0 Å². The summed E-state index contributed by atoms with van der Waals surface area (Å²) in [6, 6.07) is 9.92. The molecule has 0 fully saturated rings. The van der Waals surface area contributed by atoms with Crippen LogP contribution in [0.3, 0.4) is 0 Å². The molecule has 2 aliphatic rings. The molecule has 1 aromatic carbocycles. The van der Waals surface area contributed by atoms with Gasteiger partial charge in [0.25, 0.3) is 0 Å². The Morgan fingerprint density at radius 3 is 2.44 bits per heavy atom. The van der Waals surface area contributed by atoms with Crippen molar-refractivity contribution in [1.82, 2.24) is 0 Å². The number of aliphatic hydroxyl groups is 2. The highest BCUT2D eigenvalue weighted by molar-refractivity contribution is 5.44. The molecule has 2 bridgehead atoms. The minimum absolute atomic E-state index is 0.259. The fourth-order valence-electron chi connectivity index (χ4n) is 2.86. The van der Waals surface area contributed by atoms with E-state index in [9.17, 15) is 10.2 Å². The summed E-state index contributed by atoms with van der Waals surface area (Å²) in [5, 5.41) is 20.6. The van der Waals surface area contributed by atoms with Crippen molar-refractivity contribution in [3.05, 3.63) is 72.4 Å². The molecule has 3 unspecified atom stereocenters. The van der Waals surface area contributed by atoms with Crippen LogP contribution in [0.15, 0.2) is 66.8 Å². The summed E-state index contributed by atoms with van der Waals surface area (Å²) >= 11 is 0. The second-order valence-electron chi connectivity index (χ2n) is 4.91. The van der Waals surface area contributed by atoms with Gasteiger partial charge in [-0.1, -0.05) is 66.8 Å². The van der Waals surface area contributed by atoms with Crippen molar-refractivity contribution in [1.29, 1.82) is 0 Å². The summed E-state index contributed by atoms with van der Waals surface area (Å²) in [6.45, 7) is 0.